The molecule has 0 aromatic rings. The quantitative estimate of drug-likeness (QED) is 0.0262. The van der Waals surface area contributed by atoms with Crippen LogP contribution in [0.5, 0.6) is 0 Å². The van der Waals surface area contributed by atoms with E-state index in [4.69, 9.17) is 14.2 Å². The van der Waals surface area contributed by atoms with Crippen molar-refractivity contribution in [2.24, 2.45) is 0 Å². The van der Waals surface area contributed by atoms with Crippen molar-refractivity contribution >= 4 is 17.9 Å². The van der Waals surface area contributed by atoms with Crippen LogP contribution in [-0.4, -0.2) is 37.2 Å². The molecule has 0 aromatic heterocycles. The summed E-state index contributed by atoms with van der Waals surface area (Å²) in [5.74, 6) is -0.977. The van der Waals surface area contributed by atoms with Crippen LogP contribution in [0.15, 0.2) is 72.9 Å². The molecule has 0 radical (unpaired) electrons. The van der Waals surface area contributed by atoms with E-state index in [2.05, 4.69) is 93.7 Å². The third kappa shape index (κ3) is 49.7. The van der Waals surface area contributed by atoms with E-state index in [-0.39, 0.29) is 37.5 Å². The van der Waals surface area contributed by atoms with E-state index in [1.807, 2.05) is 0 Å². The lowest BCUT2D eigenvalue weighted by Gasteiger charge is -2.18. The molecule has 0 spiro atoms. The molecule has 0 aliphatic heterocycles. The summed E-state index contributed by atoms with van der Waals surface area (Å²) in [6.45, 7) is 6.46. The first-order valence-corrected chi connectivity index (χ1v) is 26.4. The predicted octanol–water partition coefficient (Wildman–Crippen LogP) is 17.4. The molecule has 63 heavy (non-hydrogen) atoms. The van der Waals surface area contributed by atoms with Gasteiger partial charge in [-0.15, -0.1) is 0 Å². The van der Waals surface area contributed by atoms with Gasteiger partial charge in [-0.2, -0.15) is 0 Å². The molecule has 0 aromatic carbocycles. The molecule has 362 valence electrons. The highest BCUT2D eigenvalue weighted by Gasteiger charge is 2.19. The van der Waals surface area contributed by atoms with Crippen LogP contribution in [0.4, 0.5) is 0 Å². The number of unbranched alkanes of at least 4 members (excludes halogenated alkanes) is 24. The van der Waals surface area contributed by atoms with Gasteiger partial charge in [-0.25, -0.2) is 0 Å². The monoisotopic (exact) mass is 879 g/mol. The van der Waals surface area contributed by atoms with Crippen molar-refractivity contribution in [3.05, 3.63) is 72.9 Å². The minimum atomic E-state index is -0.805. The highest BCUT2D eigenvalue weighted by molar-refractivity contribution is 5.71. The second-order valence-electron chi connectivity index (χ2n) is 17.4. The molecular weight excluding hydrogens is 781 g/mol. The molecule has 0 amide bonds. The zero-order valence-corrected chi connectivity index (χ0v) is 41.3. The van der Waals surface area contributed by atoms with Crippen LogP contribution in [0.25, 0.3) is 0 Å². The van der Waals surface area contributed by atoms with Gasteiger partial charge in [0, 0.05) is 19.3 Å². The fourth-order valence-electron chi connectivity index (χ4n) is 7.20. The Morgan fingerprint density at radius 3 is 1.06 bits per heavy atom. The average molecular weight is 879 g/mol. The molecule has 0 saturated heterocycles. The molecule has 1 atom stereocenters. The van der Waals surface area contributed by atoms with Gasteiger partial charge in [0.05, 0.1) is 0 Å². The summed E-state index contributed by atoms with van der Waals surface area (Å²) in [6.07, 6.45) is 64.6. The Morgan fingerprint density at radius 1 is 0.333 bits per heavy atom. The average Bonchev–Trinajstić information content (AvgIpc) is 3.28. The maximum Gasteiger partial charge on any atom is 0.306 e. The smallest absolute Gasteiger partial charge is 0.306 e. The van der Waals surface area contributed by atoms with Gasteiger partial charge in [-0.3, -0.25) is 14.4 Å². The number of esters is 3. The minimum absolute atomic E-state index is 0.102. The number of ether oxygens (including phenoxy) is 3. The lowest BCUT2D eigenvalue weighted by Crippen LogP contribution is -2.30. The fraction of sp³-hybridized carbons (Fsp3) is 0.737. The Labute approximate surface area is 389 Å². The summed E-state index contributed by atoms with van der Waals surface area (Å²) < 4.78 is 16.7. The van der Waals surface area contributed by atoms with Crippen LogP contribution in [0.3, 0.4) is 0 Å². The van der Waals surface area contributed by atoms with Crippen molar-refractivity contribution in [1.82, 2.24) is 0 Å². The van der Waals surface area contributed by atoms with Crippen molar-refractivity contribution in [2.75, 3.05) is 13.2 Å². The van der Waals surface area contributed by atoms with Crippen LogP contribution in [-0.2, 0) is 28.6 Å². The van der Waals surface area contributed by atoms with E-state index in [0.717, 1.165) is 89.9 Å². The van der Waals surface area contributed by atoms with E-state index in [1.54, 1.807) is 0 Å². The zero-order valence-electron chi connectivity index (χ0n) is 41.3. The van der Waals surface area contributed by atoms with Crippen molar-refractivity contribution in [3.8, 4) is 0 Å². The maximum absolute atomic E-state index is 12.8. The third-order valence-corrected chi connectivity index (χ3v) is 11.2. The van der Waals surface area contributed by atoms with E-state index >= 15 is 0 Å². The molecule has 0 aliphatic rings. The Bertz CT molecular complexity index is 1190. The van der Waals surface area contributed by atoms with E-state index in [0.29, 0.717) is 19.3 Å². The first-order valence-electron chi connectivity index (χ1n) is 26.4. The summed E-state index contributed by atoms with van der Waals surface area (Å²) in [6, 6.07) is 0. The SMILES string of the molecule is CC/C=C\C/C=C\CCCCCCCCCC(=O)OC(COC(=O)CCC/C=C\C/C=C\C/C=C\CCCCCCCC)COC(=O)CCCCC/C=C\CCCCCCCCC. The van der Waals surface area contributed by atoms with Crippen molar-refractivity contribution < 1.29 is 28.6 Å². The molecule has 0 rings (SSSR count). The summed E-state index contributed by atoms with van der Waals surface area (Å²) in [5, 5.41) is 0. The summed E-state index contributed by atoms with van der Waals surface area (Å²) >= 11 is 0. The number of hydrogen-bond donors (Lipinski definition) is 0. The lowest BCUT2D eigenvalue weighted by molar-refractivity contribution is -0.167. The van der Waals surface area contributed by atoms with Gasteiger partial charge in [0.15, 0.2) is 6.10 Å². The predicted molar refractivity (Wildman–Crippen MR) is 270 cm³/mol. The van der Waals surface area contributed by atoms with Crippen molar-refractivity contribution in [3.63, 3.8) is 0 Å². The van der Waals surface area contributed by atoms with Crippen LogP contribution >= 0.6 is 0 Å². The molecule has 0 aliphatic carbocycles. The molecular formula is C57H98O6. The largest absolute Gasteiger partial charge is 0.462 e. The van der Waals surface area contributed by atoms with Gasteiger partial charge < -0.3 is 14.2 Å². The first-order chi connectivity index (χ1) is 31.0. The highest BCUT2D eigenvalue weighted by atomic mass is 16.6. The highest BCUT2D eigenvalue weighted by Crippen LogP contribution is 2.14. The van der Waals surface area contributed by atoms with Crippen LogP contribution in [0.1, 0.15) is 252 Å². The Balaban J connectivity index is 4.48. The zero-order chi connectivity index (χ0) is 45.8. The van der Waals surface area contributed by atoms with Crippen molar-refractivity contribution in [1.29, 1.82) is 0 Å². The molecule has 0 saturated carbocycles. The van der Waals surface area contributed by atoms with E-state index in [9.17, 15) is 14.4 Å². The van der Waals surface area contributed by atoms with Crippen LogP contribution in [0, 0.1) is 0 Å². The van der Waals surface area contributed by atoms with Crippen LogP contribution < -0.4 is 0 Å². The second kappa shape index (κ2) is 51.5. The van der Waals surface area contributed by atoms with Gasteiger partial charge in [0.25, 0.3) is 0 Å². The molecule has 0 fully saturated rings. The number of carbonyl (C=O) groups excluding carboxylic acids is 3. The van der Waals surface area contributed by atoms with Crippen LogP contribution in [0.2, 0.25) is 0 Å². The number of rotatable bonds is 47. The lowest BCUT2D eigenvalue weighted by atomic mass is 10.1. The normalized spacial score (nSPS) is 12.6. The topological polar surface area (TPSA) is 78.9 Å². The molecule has 0 N–H and O–H groups in total. The standard InChI is InChI=1S/C57H98O6/c1-4-7-10-13-16-19-22-25-28-29-30-33-35-38-41-44-47-50-56(59)62-53-54(63-57(60)51-48-45-42-39-36-32-27-24-21-18-15-12-9-6-3)52-61-55(58)49-46-43-40-37-34-31-26-23-20-17-14-11-8-5-2/h9,12,18,21,25,28,30-31,33-34,38,41,54H,4-8,10-11,13-17,19-20,22-24,26-27,29,32,35-37,39-40,42-53H2,1-3H3/b12-9-,21-18-,28-25-,33-30-,34-31-,41-38-. The molecule has 6 heteroatoms. The maximum atomic E-state index is 12.8. The van der Waals surface area contributed by atoms with Gasteiger partial charge in [-0.1, -0.05) is 203 Å². The first kappa shape index (κ1) is 59.9. The van der Waals surface area contributed by atoms with Gasteiger partial charge in [0.1, 0.15) is 13.2 Å². The molecule has 0 heterocycles. The Hall–Kier alpha value is -3.15. The fourth-order valence-corrected chi connectivity index (χ4v) is 7.20. The minimum Gasteiger partial charge on any atom is -0.462 e. The van der Waals surface area contributed by atoms with Gasteiger partial charge in [-0.05, 0) is 103 Å². The second-order valence-corrected chi connectivity index (χ2v) is 17.4. The Kier molecular flexibility index (Phi) is 48.9. The summed E-state index contributed by atoms with van der Waals surface area (Å²) in [7, 11) is 0. The number of allylic oxidation sites excluding steroid dienone is 12. The van der Waals surface area contributed by atoms with E-state index in [1.165, 1.54) is 116 Å². The van der Waals surface area contributed by atoms with E-state index < -0.39 is 6.10 Å². The summed E-state index contributed by atoms with van der Waals surface area (Å²) in [5.41, 5.74) is 0. The summed E-state index contributed by atoms with van der Waals surface area (Å²) in [4.78, 5) is 38.0. The van der Waals surface area contributed by atoms with Gasteiger partial charge >= 0.3 is 17.9 Å². The van der Waals surface area contributed by atoms with Crippen molar-refractivity contribution in [2.45, 2.75) is 258 Å². The molecule has 1 unspecified atom stereocenters. The third-order valence-electron chi connectivity index (χ3n) is 11.2. The molecule has 6 nitrogen and oxygen atoms in total. The number of hydrogen-bond acceptors (Lipinski definition) is 6. The van der Waals surface area contributed by atoms with Gasteiger partial charge in [0.2, 0.25) is 0 Å². The molecule has 0 bridgehead atoms. The Morgan fingerprint density at radius 2 is 0.635 bits per heavy atom. The number of carbonyl (C=O) groups is 3.